The standard InChI is InChI=1S/C23H22N4O3/c1-2-16(10-13-28)22(29)27-21-14-18(8-12-25-21)23(30)26-20-15-24-11-9-19(20)17-6-4-3-5-7-17/h3-9,11-16H,2,10H2,1H3,(H,26,30)(H,25,27,29). The van der Waals surface area contributed by atoms with Crippen LogP contribution in [0, 0.1) is 5.92 Å². The number of rotatable bonds is 8. The number of amides is 2. The Morgan fingerprint density at radius 2 is 1.87 bits per heavy atom. The molecule has 2 aromatic heterocycles. The summed E-state index contributed by atoms with van der Waals surface area (Å²) < 4.78 is 0. The number of hydrogen-bond donors (Lipinski definition) is 2. The van der Waals surface area contributed by atoms with Crippen molar-refractivity contribution in [1.29, 1.82) is 0 Å². The van der Waals surface area contributed by atoms with Crippen molar-refractivity contribution in [2.75, 3.05) is 10.6 Å². The fourth-order valence-corrected chi connectivity index (χ4v) is 3.00. The number of hydrogen-bond acceptors (Lipinski definition) is 5. The van der Waals surface area contributed by atoms with Crippen molar-refractivity contribution in [3.05, 3.63) is 72.7 Å². The van der Waals surface area contributed by atoms with E-state index in [0.29, 0.717) is 17.7 Å². The lowest BCUT2D eigenvalue weighted by atomic mass is 10.0. The number of nitrogens with zero attached hydrogens (tertiary/aromatic N) is 2. The van der Waals surface area contributed by atoms with E-state index < -0.39 is 5.92 Å². The highest BCUT2D eigenvalue weighted by atomic mass is 16.2. The number of aromatic nitrogens is 2. The van der Waals surface area contributed by atoms with E-state index in [-0.39, 0.29) is 24.1 Å². The van der Waals surface area contributed by atoms with Crippen molar-refractivity contribution < 1.29 is 14.4 Å². The maximum Gasteiger partial charge on any atom is 0.255 e. The van der Waals surface area contributed by atoms with E-state index in [4.69, 9.17) is 0 Å². The number of pyridine rings is 2. The first-order chi connectivity index (χ1) is 14.6. The Morgan fingerprint density at radius 3 is 2.60 bits per heavy atom. The summed E-state index contributed by atoms with van der Waals surface area (Å²) in [4.78, 5) is 44.0. The molecule has 1 atom stereocenters. The molecule has 1 aromatic carbocycles. The molecule has 0 aliphatic heterocycles. The topological polar surface area (TPSA) is 101 Å². The van der Waals surface area contributed by atoms with Gasteiger partial charge in [0.1, 0.15) is 12.1 Å². The van der Waals surface area contributed by atoms with E-state index in [9.17, 15) is 14.4 Å². The van der Waals surface area contributed by atoms with Gasteiger partial charge in [-0.25, -0.2) is 4.98 Å². The number of anilines is 2. The lowest BCUT2D eigenvalue weighted by Crippen LogP contribution is -2.23. The third kappa shape index (κ3) is 5.14. The number of carbonyl (C=O) groups is 3. The van der Waals surface area contributed by atoms with Gasteiger partial charge in [-0.2, -0.15) is 0 Å². The summed E-state index contributed by atoms with van der Waals surface area (Å²) in [6.45, 7) is 1.84. The highest BCUT2D eigenvalue weighted by Crippen LogP contribution is 2.27. The van der Waals surface area contributed by atoms with Gasteiger partial charge in [-0.3, -0.25) is 14.6 Å². The van der Waals surface area contributed by atoms with Gasteiger partial charge in [-0.15, -0.1) is 0 Å². The predicted molar refractivity (Wildman–Crippen MR) is 115 cm³/mol. The third-order valence-corrected chi connectivity index (χ3v) is 4.67. The lowest BCUT2D eigenvalue weighted by molar-refractivity contribution is -0.122. The van der Waals surface area contributed by atoms with Crippen LogP contribution in [0.5, 0.6) is 0 Å². The molecule has 0 saturated heterocycles. The summed E-state index contributed by atoms with van der Waals surface area (Å²) in [7, 11) is 0. The molecule has 1 unspecified atom stereocenters. The quantitative estimate of drug-likeness (QED) is 0.556. The number of benzene rings is 1. The fraction of sp³-hybridized carbons (Fsp3) is 0.174. The van der Waals surface area contributed by atoms with Gasteiger partial charge in [-0.05, 0) is 30.2 Å². The fourth-order valence-electron chi connectivity index (χ4n) is 3.00. The molecular weight excluding hydrogens is 380 g/mol. The van der Waals surface area contributed by atoms with Crippen molar-refractivity contribution in [3.8, 4) is 11.1 Å². The molecule has 0 aliphatic carbocycles. The highest BCUT2D eigenvalue weighted by molar-refractivity contribution is 6.06. The van der Waals surface area contributed by atoms with Crippen LogP contribution in [0.15, 0.2) is 67.1 Å². The van der Waals surface area contributed by atoms with Gasteiger partial charge in [0.15, 0.2) is 0 Å². The first kappa shape index (κ1) is 20.9. The van der Waals surface area contributed by atoms with Crippen LogP contribution in [0.3, 0.4) is 0 Å². The van der Waals surface area contributed by atoms with Crippen LogP contribution >= 0.6 is 0 Å². The Hall–Kier alpha value is -3.87. The van der Waals surface area contributed by atoms with Gasteiger partial charge in [0.05, 0.1) is 11.9 Å². The minimum atomic E-state index is -0.425. The van der Waals surface area contributed by atoms with Crippen molar-refractivity contribution >= 4 is 29.6 Å². The van der Waals surface area contributed by atoms with Crippen LogP contribution in [0.25, 0.3) is 11.1 Å². The molecule has 7 nitrogen and oxygen atoms in total. The SMILES string of the molecule is CCC(CC=O)C(=O)Nc1cc(C(=O)Nc2cnccc2-c2ccccc2)ccn1. The Labute approximate surface area is 174 Å². The second-order valence-corrected chi connectivity index (χ2v) is 6.67. The molecular formula is C23H22N4O3. The molecule has 2 amide bonds. The van der Waals surface area contributed by atoms with Crippen LogP contribution in [0.1, 0.15) is 30.1 Å². The van der Waals surface area contributed by atoms with Gasteiger partial charge in [-0.1, -0.05) is 37.3 Å². The number of carbonyl (C=O) groups excluding carboxylic acids is 3. The first-order valence-electron chi connectivity index (χ1n) is 9.63. The Balaban J connectivity index is 1.77. The van der Waals surface area contributed by atoms with Gasteiger partial charge in [0, 0.05) is 35.9 Å². The zero-order valence-corrected chi connectivity index (χ0v) is 16.5. The van der Waals surface area contributed by atoms with Crippen LogP contribution < -0.4 is 10.6 Å². The zero-order valence-electron chi connectivity index (χ0n) is 16.5. The largest absolute Gasteiger partial charge is 0.320 e. The maximum atomic E-state index is 12.8. The van der Waals surface area contributed by atoms with Gasteiger partial charge < -0.3 is 15.4 Å². The number of nitrogens with one attached hydrogen (secondary N) is 2. The summed E-state index contributed by atoms with van der Waals surface area (Å²) in [5.41, 5.74) is 2.72. The monoisotopic (exact) mass is 402 g/mol. The molecule has 3 rings (SSSR count). The molecule has 2 heterocycles. The van der Waals surface area contributed by atoms with Crippen LogP contribution in [-0.2, 0) is 9.59 Å². The van der Waals surface area contributed by atoms with E-state index in [1.54, 1.807) is 18.5 Å². The third-order valence-electron chi connectivity index (χ3n) is 4.67. The average molecular weight is 402 g/mol. The van der Waals surface area contributed by atoms with Crippen LogP contribution in [-0.4, -0.2) is 28.1 Å². The van der Waals surface area contributed by atoms with Crippen molar-refractivity contribution in [1.82, 2.24) is 9.97 Å². The van der Waals surface area contributed by atoms with Crippen molar-refractivity contribution in [3.63, 3.8) is 0 Å². The molecule has 0 saturated carbocycles. The van der Waals surface area contributed by atoms with E-state index >= 15 is 0 Å². The molecule has 0 spiro atoms. The van der Waals surface area contributed by atoms with Crippen LogP contribution in [0.2, 0.25) is 0 Å². The molecule has 0 radical (unpaired) electrons. The average Bonchev–Trinajstić information content (AvgIpc) is 2.78. The van der Waals surface area contributed by atoms with Gasteiger partial charge in [0.2, 0.25) is 5.91 Å². The van der Waals surface area contributed by atoms with E-state index in [0.717, 1.165) is 17.4 Å². The summed E-state index contributed by atoms with van der Waals surface area (Å²) in [6, 6.07) is 14.6. The Morgan fingerprint density at radius 1 is 1.07 bits per heavy atom. The molecule has 152 valence electrons. The molecule has 2 N–H and O–H groups in total. The molecule has 30 heavy (non-hydrogen) atoms. The maximum absolute atomic E-state index is 12.8. The number of aldehydes is 1. The summed E-state index contributed by atoms with van der Waals surface area (Å²) in [6.07, 6.45) is 6.12. The van der Waals surface area contributed by atoms with Gasteiger partial charge in [0.25, 0.3) is 5.91 Å². The summed E-state index contributed by atoms with van der Waals surface area (Å²) in [5.74, 6) is -0.816. The lowest BCUT2D eigenvalue weighted by Gasteiger charge is -2.13. The normalized spacial score (nSPS) is 11.4. The molecule has 3 aromatic rings. The molecule has 0 aliphatic rings. The minimum Gasteiger partial charge on any atom is -0.320 e. The highest BCUT2D eigenvalue weighted by Gasteiger charge is 2.17. The van der Waals surface area contributed by atoms with E-state index in [2.05, 4.69) is 20.6 Å². The summed E-state index contributed by atoms with van der Waals surface area (Å²) in [5, 5.41) is 5.54. The van der Waals surface area contributed by atoms with E-state index in [1.807, 2.05) is 43.3 Å². The van der Waals surface area contributed by atoms with Crippen molar-refractivity contribution in [2.45, 2.75) is 19.8 Å². The van der Waals surface area contributed by atoms with E-state index in [1.165, 1.54) is 12.3 Å². The molecule has 0 fully saturated rings. The summed E-state index contributed by atoms with van der Waals surface area (Å²) >= 11 is 0. The van der Waals surface area contributed by atoms with Crippen molar-refractivity contribution in [2.24, 2.45) is 5.92 Å². The Bertz CT molecular complexity index is 1040. The van der Waals surface area contributed by atoms with Crippen LogP contribution in [0.4, 0.5) is 11.5 Å². The first-order valence-corrected chi connectivity index (χ1v) is 9.63. The molecule has 0 bridgehead atoms. The Kier molecular flexibility index (Phi) is 7.00. The second kappa shape index (κ2) is 10.1. The van der Waals surface area contributed by atoms with Gasteiger partial charge >= 0.3 is 0 Å². The predicted octanol–water partition coefficient (Wildman–Crippen LogP) is 3.95. The second-order valence-electron chi connectivity index (χ2n) is 6.67. The zero-order chi connectivity index (χ0) is 21.3. The molecule has 7 heteroatoms. The smallest absolute Gasteiger partial charge is 0.255 e. The minimum absolute atomic E-state index is 0.145.